The summed E-state index contributed by atoms with van der Waals surface area (Å²) in [4.78, 5) is 47.0. The maximum absolute atomic E-state index is 11.5. The summed E-state index contributed by atoms with van der Waals surface area (Å²) >= 11 is 13.7. The van der Waals surface area contributed by atoms with E-state index < -0.39 is 0 Å². The summed E-state index contributed by atoms with van der Waals surface area (Å²) in [7, 11) is 0. The molecule has 0 saturated carbocycles. The number of anilines is 1. The zero-order chi connectivity index (χ0) is 23.0. The number of rotatable bonds is 7. The smallest absolute Gasteiger partial charge is 0.382 e. The molecule has 0 saturated heterocycles. The van der Waals surface area contributed by atoms with E-state index in [0.29, 0.717) is 9.20 Å². The van der Waals surface area contributed by atoms with Crippen LogP contribution in [-0.4, -0.2) is 50.8 Å². The first kappa shape index (κ1) is 34.7. The zero-order valence-corrected chi connectivity index (χ0v) is 24.4. The van der Waals surface area contributed by atoms with Gasteiger partial charge in [0.25, 0.3) is 0 Å². The predicted octanol–water partition coefficient (Wildman–Crippen LogP) is 0.0914. The number of thiazole rings is 1. The third-order valence-electron chi connectivity index (χ3n) is 2.41. The van der Waals surface area contributed by atoms with Gasteiger partial charge in [0.05, 0.1) is 18.7 Å². The van der Waals surface area contributed by atoms with Crippen molar-refractivity contribution in [1.29, 1.82) is 5.26 Å². The van der Waals surface area contributed by atoms with E-state index in [1.165, 1.54) is 48.7 Å². The van der Waals surface area contributed by atoms with Crippen LogP contribution < -0.4 is 62.4 Å². The topological polar surface area (TPSA) is 143 Å². The summed E-state index contributed by atoms with van der Waals surface area (Å²) in [6.45, 7) is 2.75. The number of Topliss-reactive ketones (excluding diaryl/α,β-unsaturated/α-hetero) is 4. The maximum atomic E-state index is 11.5. The van der Waals surface area contributed by atoms with Gasteiger partial charge in [0.1, 0.15) is 26.6 Å². The summed E-state index contributed by atoms with van der Waals surface area (Å²) in [5.41, 5.74) is 5.55. The average molecular weight is 536 g/mol. The second-order valence-corrected chi connectivity index (χ2v) is 8.78. The third-order valence-corrected chi connectivity index (χ3v) is 5.88. The van der Waals surface area contributed by atoms with Crippen LogP contribution in [0.25, 0.3) is 0 Å². The summed E-state index contributed by atoms with van der Waals surface area (Å²) in [5.74, 6) is -0.568. The molecule has 0 fully saturated rings. The molecule has 0 radical (unpaired) electrons. The minimum Gasteiger partial charge on any atom is -0.382 e. The minimum atomic E-state index is -0.243. The van der Waals surface area contributed by atoms with Crippen molar-refractivity contribution in [3.05, 3.63) is 4.88 Å². The van der Waals surface area contributed by atoms with Gasteiger partial charge >= 0.3 is 51.4 Å². The molecule has 1 rings (SSSR count). The van der Waals surface area contributed by atoms with Crippen molar-refractivity contribution < 1.29 is 70.6 Å². The number of hydrogen-bond acceptors (Lipinski definition) is 11. The monoisotopic (exact) mass is 535 g/mol. The molecule has 0 aliphatic rings. The molecule has 1 heterocycles. The number of carbonyl (C=O) groups is 4. The Morgan fingerprint density at radius 1 is 1.23 bits per heavy atom. The Bertz CT molecular complexity index is 784. The molecule has 0 spiro atoms. The number of ketones is 4. The van der Waals surface area contributed by atoms with Gasteiger partial charge in [0.15, 0.2) is 22.1 Å². The van der Waals surface area contributed by atoms with Gasteiger partial charge < -0.3 is 5.73 Å². The summed E-state index contributed by atoms with van der Waals surface area (Å²) < 4.78 is 1.26. The van der Waals surface area contributed by atoms with Crippen LogP contribution in [0.2, 0.25) is 0 Å². The molecule has 3 N–H and O–H groups in total. The van der Waals surface area contributed by atoms with Gasteiger partial charge in [0, 0.05) is 0 Å². The number of nitriles is 1. The molecule has 0 unspecified atom stereocenters. The van der Waals surface area contributed by atoms with Gasteiger partial charge in [-0.1, -0.05) is 35.7 Å². The van der Waals surface area contributed by atoms with E-state index in [-0.39, 0.29) is 99.1 Å². The maximum Gasteiger partial charge on any atom is 1.00 e. The fourth-order valence-corrected chi connectivity index (χ4v) is 3.04. The van der Waals surface area contributed by atoms with Gasteiger partial charge in [-0.3, -0.25) is 24.5 Å². The predicted molar refractivity (Wildman–Crippen MR) is 124 cm³/mol. The number of nitrogens with one attached hydrogen (secondary N) is 1. The van der Waals surface area contributed by atoms with Crippen molar-refractivity contribution in [2.45, 2.75) is 31.0 Å². The van der Waals surface area contributed by atoms with Crippen LogP contribution in [0.3, 0.4) is 0 Å². The second kappa shape index (κ2) is 21.0. The van der Waals surface area contributed by atoms with E-state index >= 15 is 0 Å². The number of nitrogens with zero attached hydrogens (tertiary/aromatic N) is 2. The number of nitrogens with two attached hydrogens (primary N) is 1. The molecule has 0 aromatic carbocycles. The van der Waals surface area contributed by atoms with Crippen LogP contribution in [0.5, 0.6) is 0 Å². The number of nitrogen functional groups attached to an aromatic ring is 1. The molecule has 0 amide bonds. The molecular weight excluding hydrogens is 515 g/mol. The van der Waals surface area contributed by atoms with Crippen molar-refractivity contribution in [1.82, 2.24) is 10.3 Å². The zero-order valence-electron chi connectivity index (χ0n) is 17.2. The van der Waals surface area contributed by atoms with Crippen molar-refractivity contribution in [2.75, 3.05) is 24.1 Å². The first-order chi connectivity index (χ1) is 13.5. The number of aromatic nitrogens is 1. The van der Waals surface area contributed by atoms with Crippen LogP contribution in [0.15, 0.2) is 4.34 Å². The van der Waals surface area contributed by atoms with Gasteiger partial charge in [-0.2, -0.15) is 5.26 Å². The molecule has 0 bridgehead atoms. The number of halogens is 1. The average Bonchev–Trinajstić information content (AvgIpc) is 3.03. The molecular formula is C16H21ClKN4O4S4+. The molecule has 1 aromatic heterocycles. The van der Waals surface area contributed by atoms with Crippen molar-refractivity contribution in [3.63, 3.8) is 0 Å². The van der Waals surface area contributed by atoms with Crippen molar-refractivity contribution in [2.24, 2.45) is 0 Å². The largest absolute Gasteiger partial charge is 1.00 e. The minimum absolute atomic E-state index is 0. The molecule has 0 aliphatic heterocycles. The Morgan fingerprint density at radius 3 is 2.03 bits per heavy atom. The van der Waals surface area contributed by atoms with E-state index in [0.717, 1.165) is 4.34 Å². The summed E-state index contributed by atoms with van der Waals surface area (Å²) in [6, 6.07) is 0. The Hall–Kier alpha value is 0.116. The molecule has 8 nitrogen and oxygen atoms in total. The SMILES string of the molecule is CC(=O)CC(=O)CCl.CSC(=S)NC#N.CSc1nc(N)c(C(=O)CC(C)=O)s1.[K+]. The van der Waals surface area contributed by atoms with E-state index in [1.807, 2.05) is 12.5 Å². The van der Waals surface area contributed by atoms with Crippen LogP contribution in [-0.2, 0) is 14.4 Å². The van der Waals surface area contributed by atoms with E-state index in [9.17, 15) is 19.2 Å². The first-order valence-electron chi connectivity index (χ1n) is 7.65. The molecule has 14 heteroatoms. The second-order valence-electron chi connectivity index (χ2n) is 4.98. The molecule has 0 atom stereocenters. The van der Waals surface area contributed by atoms with E-state index in [2.05, 4.69) is 22.5 Å². The van der Waals surface area contributed by atoms with Crippen molar-refractivity contribution in [3.8, 4) is 6.19 Å². The van der Waals surface area contributed by atoms with Gasteiger partial charge in [-0.25, -0.2) is 4.98 Å². The molecule has 0 aliphatic carbocycles. The number of hydrogen-bond donors (Lipinski definition) is 2. The number of carbonyl (C=O) groups excluding carboxylic acids is 4. The number of alkyl halides is 1. The molecule has 1 aromatic rings. The Morgan fingerprint density at radius 2 is 1.77 bits per heavy atom. The van der Waals surface area contributed by atoms with E-state index in [4.69, 9.17) is 22.6 Å². The fraction of sp³-hybridized carbons (Fsp3) is 0.438. The number of thioether (sulfide) groups is 2. The van der Waals surface area contributed by atoms with Crippen LogP contribution in [0.4, 0.5) is 5.82 Å². The van der Waals surface area contributed by atoms with Gasteiger partial charge in [-0.05, 0) is 26.4 Å². The Kier molecular flexibility index (Phi) is 24.3. The summed E-state index contributed by atoms with van der Waals surface area (Å²) in [5, 5.41) is 10.2. The van der Waals surface area contributed by atoms with Crippen molar-refractivity contribution >= 4 is 92.0 Å². The van der Waals surface area contributed by atoms with Gasteiger partial charge in [-0.15, -0.1) is 22.9 Å². The van der Waals surface area contributed by atoms with E-state index in [1.54, 1.807) is 6.19 Å². The standard InChI is InChI=1S/C8H10N2O2S2.C5H7ClO2.C3H4N2S2.K/c1-4(11)3-5(12)6-7(9)10-8(13-2)14-6;1-4(7)2-5(8)3-6;1-7-3(6)5-2-4;/h3,9H2,1-2H3;2-3H2,1H3;1H3,(H,5,6);/q;;;+1. The van der Waals surface area contributed by atoms with Gasteiger partial charge in [0.2, 0.25) is 0 Å². The van der Waals surface area contributed by atoms with Crippen LogP contribution >= 0.6 is 58.7 Å². The number of thiocarbonyl (C=S) groups is 1. The summed E-state index contributed by atoms with van der Waals surface area (Å²) in [6.07, 6.45) is 5.26. The van der Waals surface area contributed by atoms with Crippen LogP contribution in [0.1, 0.15) is 36.4 Å². The molecule has 30 heavy (non-hydrogen) atoms. The fourth-order valence-electron chi connectivity index (χ4n) is 1.33. The quantitative estimate of drug-likeness (QED) is 0.0716. The normalized spacial score (nSPS) is 8.67. The Balaban J connectivity index is -0.000000393. The Labute approximate surface area is 241 Å². The molecule has 160 valence electrons. The third kappa shape index (κ3) is 18.9. The van der Waals surface area contributed by atoms with Crippen LogP contribution in [0, 0.1) is 11.5 Å². The first-order valence-corrected chi connectivity index (χ1v) is 11.9.